The maximum absolute atomic E-state index is 13.3. The van der Waals surface area contributed by atoms with Crippen LogP contribution in [0, 0.1) is 5.92 Å². The maximum Gasteiger partial charge on any atom is 0.276 e. The minimum Gasteiger partial charge on any atom is -0.360 e. The molecule has 3 aliphatic rings. The van der Waals surface area contributed by atoms with Crippen LogP contribution in [0.1, 0.15) is 99.7 Å². The minimum atomic E-state index is 0.122. The smallest absolute Gasteiger partial charge is 0.276 e. The molecule has 1 heterocycles. The van der Waals surface area contributed by atoms with E-state index in [4.69, 9.17) is 4.52 Å². The summed E-state index contributed by atoms with van der Waals surface area (Å²) in [5.41, 5.74) is 0.543. The van der Waals surface area contributed by atoms with Crippen LogP contribution in [-0.4, -0.2) is 28.0 Å². The van der Waals surface area contributed by atoms with Gasteiger partial charge in [-0.15, -0.1) is 0 Å². The number of hydrogen-bond acceptors (Lipinski definition) is 3. The molecule has 3 fully saturated rings. The number of aromatic nitrogens is 1. The summed E-state index contributed by atoms with van der Waals surface area (Å²) in [6, 6.07) is 2.73. The summed E-state index contributed by atoms with van der Waals surface area (Å²) in [4.78, 5) is 15.5. The lowest BCUT2D eigenvalue weighted by atomic mass is 9.84. The van der Waals surface area contributed by atoms with Gasteiger partial charge in [0, 0.05) is 24.1 Å². The van der Waals surface area contributed by atoms with Gasteiger partial charge in [-0.3, -0.25) is 4.79 Å². The summed E-state index contributed by atoms with van der Waals surface area (Å²) < 4.78 is 5.45. The van der Waals surface area contributed by atoms with E-state index in [2.05, 4.69) is 17.0 Å². The van der Waals surface area contributed by atoms with Gasteiger partial charge in [0.1, 0.15) is 5.76 Å². The Labute approximate surface area is 145 Å². The van der Waals surface area contributed by atoms with Crippen LogP contribution in [0.2, 0.25) is 0 Å². The van der Waals surface area contributed by atoms with Gasteiger partial charge in [0.2, 0.25) is 0 Å². The Morgan fingerprint density at radius 2 is 1.67 bits per heavy atom. The summed E-state index contributed by atoms with van der Waals surface area (Å²) in [6.45, 7) is 2.34. The van der Waals surface area contributed by atoms with Crippen molar-refractivity contribution in [2.45, 2.75) is 95.6 Å². The largest absolute Gasteiger partial charge is 0.360 e. The third kappa shape index (κ3) is 3.38. The van der Waals surface area contributed by atoms with Crippen LogP contribution in [0.3, 0.4) is 0 Å². The van der Waals surface area contributed by atoms with E-state index in [9.17, 15) is 4.79 Å². The molecule has 4 nitrogen and oxygen atoms in total. The number of carbonyl (C=O) groups is 1. The summed E-state index contributed by atoms with van der Waals surface area (Å²) in [5.74, 6) is 2.35. The topological polar surface area (TPSA) is 46.3 Å². The van der Waals surface area contributed by atoms with Gasteiger partial charge in [-0.05, 0) is 57.3 Å². The number of amides is 1. The molecule has 0 atom stereocenters. The van der Waals surface area contributed by atoms with Crippen molar-refractivity contribution < 1.29 is 9.32 Å². The standard InChI is InChI=1S/C20H30N2O2/c1-14-7-11-17(12-8-14)22(16-5-3-2-4-6-16)20(23)18-13-19(24-21-18)15-9-10-15/h13-17H,2-12H2,1H3. The van der Waals surface area contributed by atoms with Crippen LogP contribution < -0.4 is 0 Å². The van der Waals surface area contributed by atoms with Crippen molar-refractivity contribution in [3.05, 3.63) is 17.5 Å². The molecule has 0 N–H and O–H groups in total. The zero-order chi connectivity index (χ0) is 16.5. The first-order valence-electron chi connectivity index (χ1n) is 10.0. The number of hydrogen-bond donors (Lipinski definition) is 0. The van der Waals surface area contributed by atoms with E-state index in [1.165, 1.54) is 44.9 Å². The predicted molar refractivity (Wildman–Crippen MR) is 92.9 cm³/mol. The highest BCUT2D eigenvalue weighted by Gasteiger charge is 2.36. The SMILES string of the molecule is CC1CCC(N(C(=O)c2cc(C3CC3)on2)C2CCCCC2)CC1. The monoisotopic (exact) mass is 330 g/mol. The Kier molecular flexibility index (Phi) is 4.64. The summed E-state index contributed by atoms with van der Waals surface area (Å²) in [5, 5.41) is 4.14. The predicted octanol–water partition coefficient (Wildman–Crippen LogP) is 4.91. The average Bonchev–Trinajstić information content (AvgIpc) is 3.35. The second-order valence-electron chi connectivity index (χ2n) is 8.31. The van der Waals surface area contributed by atoms with E-state index >= 15 is 0 Å². The van der Waals surface area contributed by atoms with Crippen molar-refractivity contribution in [1.29, 1.82) is 0 Å². The first kappa shape index (κ1) is 16.2. The van der Waals surface area contributed by atoms with Gasteiger partial charge in [-0.2, -0.15) is 0 Å². The summed E-state index contributed by atoms with van der Waals surface area (Å²) >= 11 is 0. The van der Waals surface area contributed by atoms with Crippen LogP contribution in [0.15, 0.2) is 10.6 Å². The van der Waals surface area contributed by atoms with Crippen LogP contribution >= 0.6 is 0 Å². The van der Waals surface area contributed by atoms with Crippen LogP contribution in [0.5, 0.6) is 0 Å². The average molecular weight is 330 g/mol. The van der Waals surface area contributed by atoms with Gasteiger partial charge >= 0.3 is 0 Å². The van der Waals surface area contributed by atoms with Crippen molar-refractivity contribution in [2.75, 3.05) is 0 Å². The molecule has 0 spiro atoms. The highest BCUT2D eigenvalue weighted by atomic mass is 16.5. The van der Waals surface area contributed by atoms with Gasteiger partial charge in [0.15, 0.2) is 5.69 Å². The van der Waals surface area contributed by atoms with E-state index < -0.39 is 0 Å². The van der Waals surface area contributed by atoms with Crippen LogP contribution in [0.25, 0.3) is 0 Å². The third-order valence-corrected chi connectivity index (χ3v) is 6.31. The van der Waals surface area contributed by atoms with Crippen molar-refractivity contribution >= 4 is 5.91 Å². The van der Waals surface area contributed by atoms with Crippen molar-refractivity contribution in [1.82, 2.24) is 10.1 Å². The molecular weight excluding hydrogens is 300 g/mol. The van der Waals surface area contributed by atoms with Crippen LogP contribution in [-0.2, 0) is 0 Å². The highest BCUT2D eigenvalue weighted by molar-refractivity contribution is 5.92. The first-order valence-corrected chi connectivity index (χ1v) is 10.0. The molecule has 24 heavy (non-hydrogen) atoms. The lowest BCUT2D eigenvalue weighted by Gasteiger charge is -2.42. The van der Waals surface area contributed by atoms with E-state index in [0.717, 1.165) is 37.4 Å². The lowest BCUT2D eigenvalue weighted by Crippen LogP contribution is -2.49. The van der Waals surface area contributed by atoms with E-state index in [1.807, 2.05) is 6.07 Å². The van der Waals surface area contributed by atoms with Gasteiger partial charge in [0.25, 0.3) is 5.91 Å². The number of rotatable bonds is 4. The zero-order valence-electron chi connectivity index (χ0n) is 14.9. The molecule has 132 valence electrons. The fourth-order valence-corrected chi connectivity index (χ4v) is 4.59. The fraction of sp³-hybridized carbons (Fsp3) is 0.800. The summed E-state index contributed by atoms with van der Waals surface area (Å²) in [7, 11) is 0. The minimum absolute atomic E-state index is 0.122. The van der Waals surface area contributed by atoms with Gasteiger partial charge in [-0.1, -0.05) is 31.3 Å². The maximum atomic E-state index is 13.3. The Morgan fingerprint density at radius 1 is 1.00 bits per heavy atom. The Morgan fingerprint density at radius 3 is 2.33 bits per heavy atom. The lowest BCUT2D eigenvalue weighted by molar-refractivity contribution is 0.0412. The second-order valence-corrected chi connectivity index (χ2v) is 8.31. The van der Waals surface area contributed by atoms with E-state index in [-0.39, 0.29) is 5.91 Å². The van der Waals surface area contributed by atoms with Gasteiger partial charge < -0.3 is 9.42 Å². The molecule has 3 aliphatic carbocycles. The molecule has 0 radical (unpaired) electrons. The van der Waals surface area contributed by atoms with Crippen LogP contribution in [0.4, 0.5) is 0 Å². The molecule has 1 amide bonds. The van der Waals surface area contributed by atoms with Crippen molar-refractivity contribution in [3.63, 3.8) is 0 Å². The van der Waals surface area contributed by atoms with Crippen molar-refractivity contribution in [3.8, 4) is 0 Å². The van der Waals surface area contributed by atoms with E-state index in [0.29, 0.717) is 23.7 Å². The number of carbonyl (C=O) groups excluding carboxylic acids is 1. The molecule has 4 heteroatoms. The molecule has 0 aromatic carbocycles. The molecule has 3 saturated carbocycles. The van der Waals surface area contributed by atoms with Gasteiger partial charge in [0.05, 0.1) is 0 Å². The zero-order valence-corrected chi connectivity index (χ0v) is 14.9. The normalized spacial score (nSPS) is 28.7. The molecule has 0 aliphatic heterocycles. The number of nitrogens with zero attached hydrogens (tertiary/aromatic N) is 2. The fourth-order valence-electron chi connectivity index (χ4n) is 4.59. The van der Waals surface area contributed by atoms with Gasteiger partial charge in [-0.25, -0.2) is 0 Å². The first-order chi connectivity index (χ1) is 11.7. The second kappa shape index (κ2) is 6.89. The summed E-state index contributed by atoms with van der Waals surface area (Å²) in [6.07, 6.45) is 13.3. The van der Waals surface area contributed by atoms with Crippen molar-refractivity contribution in [2.24, 2.45) is 5.92 Å². The molecular formula is C20H30N2O2. The molecule has 1 aromatic rings. The highest BCUT2D eigenvalue weighted by Crippen LogP contribution is 2.40. The molecule has 0 bridgehead atoms. The molecule has 1 aromatic heterocycles. The molecule has 0 unspecified atom stereocenters. The Balaban J connectivity index is 1.54. The quantitative estimate of drug-likeness (QED) is 0.788. The molecule has 4 rings (SSSR count). The molecule has 0 saturated heterocycles. The van der Waals surface area contributed by atoms with E-state index in [1.54, 1.807) is 0 Å². The Hall–Kier alpha value is -1.32. The Bertz CT molecular complexity index is 564. The third-order valence-electron chi connectivity index (χ3n) is 6.31.